The molecule has 0 aromatic heterocycles. The third-order valence-electron chi connectivity index (χ3n) is 0.368. The van der Waals surface area contributed by atoms with Gasteiger partial charge in [-0.3, -0.25) is 0 Å². The summed E-state index contributed by atoms with van der Waals surface area (Å²) in [5, 5.41) is 15.6. The molecular formula is C4H7CaKO4. The van der Waals surface area contributed by atoms with E-state index in [1.807, 2.05) is 0 Å². The Hall–Kier alpha value is 1.58. The van der Waals surface area contributed by atoms with E-state index in [-0.39, 0.29) is 93.4 Å². The molecule has 0 amide bonds. The number of hydrogen-bond acceptors (Lipinski definition) is 2. The van der Waals surface area contributed by atoms with Gasteiger partial charge in [0, 0.05) is 12.2 Å². The Labute approximate surface area is 135 Å². The minimum atomic E-state index is -1.26. The maximum Gasteiger partial charge on any atom is 2.00 e. The quantitative estimate of drug-likeness (QED) is 0.359. The molecule has 0 radical (unpaired) electrons. The SMILES string of the molecule is O=C(O)C=CC(=O)O.[Ca+2].[H-].[H-].[H-].[K+]. The second kappa shape index (κ2) is 10.6. The van der Waals surface area contributed by atoms with Crippen LogP contribution in [-0.4, -0.2) is 59.9 Å². The molecule has 2 N–H and O–H groups in total. The minimum Gasteiger partial charge on any atom is -1.00 e. The zero-order valence-electron chi connectivity index (χ0n) is 8.57. The Kier molecular flexibility index (Phi) is 18.6. The van der Waals surface area contributed by atoms with Gasteiger partial charge in [0.2, 0.25) is 0 Å². The average Bonchev–Trinajstić information content (AvgIpc) is 1.61. The molecule has 4 nitrogen and oxygen atoms in total. The molecule has 0 aromatic carbocycles. The Balaban J connectivity index is -0.0000000245. The predicted octanol–water partition coefficient (Wildman–Crippen LogP) is -3.33. The first-order chi connectivity index (χ1) is 3.63. The van der Waals surface area contributed by atoms with E-state index in [0.29, 0.717) is 12.2 Å². The molecule has 0 rings (SSSR count). The maximum atomic E-state index is 9.55. The number of carboxylic acids is 2. The van der Waals surface area contributed by atoms with Crippen LogP contribution in [0, 0.1) is 0 Å². The second-order valence-corrected chi connectivity index (χ2v) is 1.01. The van der Waals surface area contributed by atoms with Gasteiger partial charge in [-0.05, 0) is 0 Å². The fourth-order valence-electron chi connectivity index (χ4n) is 0.143. The van der Waals surface area contributed by atoms with E-state index in [2.05, 4.69) is 0 Å². The van der Waals surface area contributed by atoms with Crippen LogP contribution >= 0.6 is 0 Å². The van der Waals surface area contributed by atoms with Crippen LogP contribution in [-0.2, 0) is 9.59 Å². The first kappa shape index (κ1) is 17.6. The largest absolute Gasteiger partial charge is 2.00 e. The van der Waals surface area contributed by atoms with Crippen molar-refractivity contribution < 1.29 is 75.5 Å². The van der Waals surface area contributed by atoms with E-state index in [1.165, 1.54) is 0 Å². The molecule has 0 spiro atoms. The van der Waals surface area contributed by atoms with Crippen LogP contribution in [0.5, 0.6) is 0 Å². The summed E-state index contributed by atoms with van der Waals surface area (Å²) in [6.45, 7) is 0. The van der Waals surface area contributed by atoms with E-state index in [0.717, 1.165) is 0 Å². The number of aliphatic carboxylic acids is 2. The monoisotopic (exact) mass is 198 g/mol. The summed E-state index contributed by atoms with van der Waals surface area (Å²) >= 11 is 0. The first-order valence-corrected chi connectivity index (χ1v) is 1.77. The molecule has 0 atom stereocenters. The third kappa shape index (κ3) is 16.3. The van der Waals surface area contributed by atoms with Crippen LogP contribution in [0.1, 0.15) is 4.28 Å². The molecule has 50 valence electrons. The Morgan fingerprint density at radius 2 is 1.30 bits per heavy atom. The first-order valence-electron chi connectivity index (χ1n) is 1.77. The minimum absolute atomic E-state index is 0. The van der Waals surface area contributed by atoms with Crippen molar-refractivity contribution in [3.05, 3.63) is 12.2 Å². The van der Waals surface area contributed by atoms with Gasteiger partial charge in [-0.2, -0.15) is 0 Å². The van der Waals surface area contributed by atoms with Crippen LogP contribution in [0.2, 0.25) is 0 Å². The Morgan fingerprint density at radius 3 is 1.40 bits per heavy atom. The number of rotatable bonds is 2. The molecule has 0 saturated heterocycles. The van der Waals surface area contributed by atoms with Crippen LogP contribution in [0.15, 0.2) is 12.2 Å². The van der Waals surface area contributed by atoms with Crippen molar-refractivity contribution in [2.75, 3.05) is 0 Å². The molecule has 0 unspecified atom stereocenters. The van der Waals surface area contributed by atoms with Crippen LogP contribution < -0.4 is 51.4 Å². The molecule has 0 aliphatic heterocycles. The zero-order chi connectivity index (χ0) is 6.57. The van der Waals surface area contributed by atoms with Crippen LogP contribution in [0.25, 0.3) is 0 Å². The summed E-state index contributed by atoms with van der Waals surface area (Å²) in [5.41, 5.74) is 0. The molecule has 0 bridgehead atoms. The number of carbonyl (C=O) groups is 2. The van der Waals surface area contributed by atoms with Crippen molar-refractivity contribution in [1.29, 1.82) is 0 Å². The van der Waals surface area contributed by atoms with Gasteiger partial charge in [-0.1, -0.05) is 0 Å². The molecule has 6 heteroatoms. The van der Waals surface area contributed by atoms with E-state index < -0.39 is 11.9 Å². The van der Waals surface area contributed by atoms with Gasteiger partial charge in [0.15, 0.2) is 0 Å². The van der Waals surface area contributed by atoms with Gasteiger partial charge in [0.25, 0.3) is 0 Å². The van der Waals surface area contributed by atoms with Crippen molar-refractivity contribution in [1.82, 2.24) is 0 Å². The molecule has 10 heavy (non-hydrogen) atoms. The number of hydrogen-bond donors (Lipinski definition) is 2. The van der Waals surface area contributed by atoms with E-state index in [4.69, 9.17) is 10.2 Å². The molecule has 0 fully saturated rings. The fourth-order valence-corrected chi connectivity index (χ4v) is 0.143. The normalized spacial score (nSPS) is 7.60. The second-order valence-electron chi connectivity index (χ2n) is 1.01. The molecule has 0 aliphatic rings. The zero-order valence-corrected chi connectivity index (χ0v) is 10.9. The molecule has 0 heterocycles. The van der Waals surface area contributed by atoms with E-state index >= 15 is 0 Å². The van der Waals surface area contributed by atoms with Gasteiger partial charge >= 0.3 is 101 Å². The molecule has 0 aliphatic carbocycles. The average molecular weight is 198 g/mol. The van der Waals surface area contributed by atoms with Crippen LogP contribution in [0.3, 0.4) is 0 Å². The topological polar surface area (TPSA) is 74.6 Å². The standard InChI is InChI=1S/C4H4O4.Ca.K.3H/c5-3(6)1-2-4(7)8;;;;;/h1-2H,(H,5,6)(H,7,8);;;;;/q;+2;+1;3*-1. The molecule has 0 saturated carbocycles. The van der Waals surface area contributed by atoms with Gasteiger partial charge in [-0.25, -0.2) is 9.59 Å². The van der Waals surface area contributed by atoms with Gasteiger partial charge in [-0.15, -0.1) is 0 Å². The van der Waals surface area contributed by atoms with Crippen molar-refractivity contribution in [2.24, 2.45) is 0 Å². The molecular weight excluding hydrogens is 191 g/mol. The van der Waals surface area contributed by atoms with E-state index in [1.54, 1.807) is 0 Å². The summed E-state index contributed by atoms with van der Waals surface area (Å²) in [5.74, 6) is -2.51. The fraction of sp³-hybridized carbons (Fsp3) is 0. The third-order valence-corrected chi connectivity index (χ3v) is 0.368. The number of carboxylic acid groups (broad SMARTS) is 2. The summed E-state index contributed by atoms with van der Waals surface area (Å²) in [6, 6.07) is 0. The Bertz CT molecular complexity index is 138. The molecule has 0 aromatic rings. The van der Waals surface area contributed by atoms with Gasteiger partial charge < -0.3 is 14.5 Å². The summed E-state index contributed by atoms with van der Waals surface area (Å²) in [4.78, 5) is 19.1. The van der Waals surface area contributed by atoms with Crippen molar-refractivity contribution in [3.63, 3.8) is 0 Å². The summed E-state index contributed by atoms with van der Waals surface area (Å²) < 4.78 is 0. The Morgan fingerprint density at radius 1 is 1.10 bits per heavy atom. The van der Waals surface area contributed by atoms with Gasteiger partial charge in [0.05, 0.1) is 0 Å². The maximum absolute atomic E-state index is 9.55. The van der Waals surface area contributed by atoms with Crippen molar-refractivity contribution in [2.45, 2.75) is 0 Å². The van der Waals surface area contributed by atoms with Crippen molar-refractivity contribution in [3.8, 4) is 0 Å². The van der Waals surface area contributed by atoms with Crippen LogP contribution in [0.4, 0.5) is 0 Å². The predicted molar refractivity (Wildman–Crippen MR) is 33.5 cm³/mol. The van der Waals surface area contributed by atoms with Gasteiger partial charge in [0.1, 0.15) is 0 Å². The summed E-state index contributed by atoms with van der Waals surface area (Å²) in [7, 11) is 0. The summed E-state index contributed by atoms with van der Waals surface area (Å²) in [6.07, 6.45) is 1.12. The smallest absolute Gasteiger partial charge is 1.00 e. The van der Waals surface area contributed by atoms with Crippen molar-refractivity contribution >= 4 is 49.7 Å². The van der Waals surface area contributed by atoms with E-state index in [9.17, 15) is 9.59 Å².